The maximum absolute atomic E-state index is 15.2. The second kappa shape index (κ2) is 15.1. The van der Waals surface area contributed by atoms with Crippen molar-refractivity contribution in [2.75, 3.05) is 25.0 Å². The highest BCUT2D eigenvalue weighted by Crippen LogP contribution is 2.32. The smallest absolute Gasteiger partial charge is 0.146 e. The van der Waals surface area contributed by atoms with Gasteiger partial charge in [0.1, 0.15) is 23.5 Å². The van der Waals surface area contributed by atoms with Crippen molar-refractivity contribution in [1.82, 2.24) is 15.6 Å². The van der Waals surface area contributed by atoms with Crippen molar-refractivity contribution in [2.24, 2.45) is 5.73 Å². The molecule has 2 heterocycles. The lowest BCUT2D eigenvalue weighted by Crippen LogP contribution is -2.38. The van der Waals surface area contributed by atoms with Crippen LogP contribution in [0.15, 0.2) is 108 Å². The van der Waals surface area contributed by atoms with E-state index < -0.39 is 11.9 Å². The van der Waals surface area contributed by atoms with Crippen molar-refractivity contribution >= 4 is 5.69 Å². The summed E-state index contributed by atoms with van der Waals surface area (Å²) in [5.41, 5.74) is 14.0. The van der Waals surface area contributed by atoms with E-state index >= 15 is 4.39 Å². The molecule has 6 nitrogen and oxygen atoms in total. The van der Waals surface area contributed by atoms with Gasteiger partial charge in [0, 0.05) is 36.5 Å². The molecule has 2 aliphatic rings. The van der Waals surface area contributed by atoms with E-state index in [-0.39, 0.29) is 17.8 Å². The second-order valence-electron chi connectivity index (χ2n) is 11.9. The molecule has 0 saturated carbocycles. The SMILES string of the molecule is C=C(Nc1cncc(F)c1CC[C@@H]1CNC/C(=C/NCC2=C(C)CCC=C2)O1)C(N)C(c1ccc(C)cc1)c1ccc(F)cc1. The molecule has 1 aromatic heterocycles. The highest BCUT2D eigenvalue weighted by molar-refractivity contribution is 5.55. The largest absolute Gasteiger partial charge is 0.491 e. The number of ether oxygens (including phenoxy) is 1. The Balaban J connectivity index is 1.25. The Kier molecular flexibility index (Phi) is 10.8. The number of halogens is 2. The molecule has 2 unspecified atom stereocenters. The summed E-state index contributed by atoms with van der Waals surface area (Å²) in [6.07, 6.45) is 12.3. The van der Waals surface area contributed by atoms with Gasteiger partial charge in [-0.25, -0.2) is 8.78 Å². The molecule has 1 saturated heterocycles. The molecule has 1 fully saturated rings. The highest BCUT2D eigenvalue weighted by Gasteiger charge is 2.26. The molecule has 1 aliphatic carbocycles. The Morgan fingerprint density at radius 2 is 1.84 bits per heavy atom. The van der Waals surface area contributed by atoms with Crippen molar-refractivity contribution in [2.45, 2.75) is 57.6 Å². The van der Waals surface area contributed by atoms with Crippen molar-refractivity contribution in [3.63, 3.8) is 0 Å². The first kappa shape index (κ1) is 32.1. The number of anilines is 1. The minimum Gasteiger partial charge on any atom is -0.491 e. The summed E-state index contributed by atoms with van der Waals surface area (Å²) in [4.78, 5) is 4.09. The fourth-order valence-corrected chi connectivity index (χ4v) is 5.85. The number of allylic oxidation sites excluding steroid dienone is 2. The lowest BCUT2D eigenvalue weighted by Gasteiger charge is -2.29. The quantitative estimate of drug-likeness (QED) is 0.181. The maximum Gasteiger partial charge on any atom is 0.146 e. The zero-order valence-corrected chi connectivity index (χ0v) is 26.1. The number of aromatic nitrogens is 1. The first-order valence-corrected chi connectivity index (χ1v) is 15.6. The van der Waals surface area contributed by atoms with Crippen LogP contribution in [0.1, 0.15) is 54.4 Å². The van der Waals surface area contributed by atoms with Gasteiger partial charge in [0.15, 0.2) is 0 Å². The number of benzene rings is 2. The van der Waals surface area contributed by atoms with E-state index in [4.69, 9.17) is 10.5 Å². The van der Waals surface area contributed by atoms with E-state index in [2.05, 4.69) is 46.6 Å². The summed E-state index contributed by atoms with van der Waals surface area (Å²) in [6.45, 7) is 10.5. The number of hydrogen-bond donors (Lipinski definition) is 4. The Morgan fingerprint density at radius 1 is 1.11 bits per heavy atom. The van der Waals surface area contributed by atoms with Crippen molar-refractivity contribution in [3.05, 3.63) is 142 Å². The topological polar surface area (TPSA) is 84.2 Å². The van der Waals surface area contributed by atoms with Crippen molar-refractivity contribution < 1.29 is 13.5 Å². The number of pyridine rings is 1. The van der Waals surface area contributed by atoms with Gasteiger partial charge in [-0.05, 0) is 68.4 Å². The average Bonchev–Trinajstić information content (AvgIpc) is 3.04. The van der Waals surface area contributed by atoms with Gasteiger partial charge in [0.25, 0.3) is 0 Å². The van der Waals surface area contributed by atoms with Gasteiger partial charge < -0.3 is 26.4 Å². The standard InChI is InChI=1S/C37H43F2N5O/c1-24-8-10-27(11-9-24)36(28-12-14-30(38)15-13-28)37(40)26(3)44-35-23-43-22-34(39)33(35)17-16-31-19-42-21-32(45-31)20-41-18-29-7-5-4-6-25(29)2/h5,7-15,20,22-23,31,36-37,41-42,44H,3-4,6,16-19,21,40H2,1-2H3/b32-20-/t31-,36?,37?/m1/s1. The Morgan fingerprint density at radius 3 is 2.58 bits per heavy atom. The van der Waals surface area contributed by atoms with E-state index in [1.165, 1.54) is 29.5 Å². The minimum atomic E-state index is -0.594. The summed E-state index contributed by atoms with van der Waals surface area (Å²) >= 11 is 0. The van der Waals surface area contributed by atoms with Gasteiger partial charge in [0.2, 0.25) is 0 Å². The second-order valence-corrected chi connectivity index (χ2v) is 11.9. The van der Waals surface area contributed by atoms with Crippen molar-refractivity contribution in [1.29, 1.82) is 0 Å². The summed E-state index contributed by atoms with van der Waals surface area (Å²) in [5, 5.41) is 10.1. The molecular weight excluding hydrogens is 568 g/mol. The van der Waals surface area contributed by atoms with Gasteiger partial charge in [-0.3, -0.25) is 4.98 Å². The van der Waals surface area contributed by atoms with Gasteiger partial charge in [-0.1, -0.05) is 66.3 Å². The van der Waals surface area contributed by atoms with Crippen LogP contribution in [0.5, 0.6) is 0 Å². The summed E-state index contributed by atoms with van der Waals surface area (Å²) in [5.74, 6) is -0.186. The fourth-order valence-electron chi connectivity index (χ4n) is 5.85. The van der Waals surface area contributed by atoms with Gasteiger partial charge in [-0.2, -0.15) is 0 Å². The zero-order valence-electron chi connectivity index (χ0n) is 26.1. The first-order chi connectivity index (χ1) is 21.8. The molecule has 1 aliphatic heterocycles. The van der Waals surface area contributed by atoms with Crippen LogP contribution in [0.4, 0.5) is 14.5 Å². The van der Waals surface area contributed by atoms with Crippen LogP contribution in [-0.2, 0) is 11.2 Å². The normalized spacial score (nSPS) is 18.8. The molecule has 8 heteroatoms. The van der Waals surface area contributed by atoms with E-state index in [9.17, 15) is 4.39 Å². The molecule has 0 radical (unpaired) electrons. The first-order valence-electron chi connectivity index (χ1n) is 15.6. The van der Waals surface area contributed by atoms with E-state index in [0.29, 0.717) is 42.9 Å². The summed E-state index contributed by atoms with van der Waals surface area (Å²) in [6, 6.07) is 13.8. The third-order valence-corrected chi connectivity index (χ3v) is 8.54. The molecule has 45 heavy (non-hydrogen) atoms. The highest BCUT2D eigenvalue weighted by atomic mass is 19.1. The molecule has 236 valence electrons. The van der Waals surface area contributed by atoms with E-state index in [0.717, 1.165) is 41.8 Å². The molecule has 5 N–H and O–H groups in total. The molecule has 3 aromatic rings. The zero-order chi connectivity index (χ0) is 31.8. The van der Waals surface area contributed by atoms with Gasteiger partial charge in [0.05, 0.1) is 30.7 Å². The van der Waals surface area contributed by atoms with Crippen LogP contribution in [0.25, 0.3) is 0 Å². The summed E-state index contributed by atoms with van der Waals surface area (Å²) in [7, 11) is 0. The Labute approximate surface area is 265 Å². The number of aryl methyl sites for hydroxylation is 1. The maximum atomic E-state index is 15.2. The number of morpholine rings is 1. The van der Waals surface area contributed by atoms with Crippen LogP contribution < -0.4 is 21.7 Å². The molecule has 0 amide bonds. The van der Waals surface area contributed by atoms with E-state index in [1.54, 1.807) is 18.3 Å². The van der Waals surface area contributed by atoms with Crippen LogP contribution in [-0.4, -0.2) is 36.8 Å². The molecule has 2 aromatic carbocycles. The molecule has 3 atom stereocenters. The number of nitrogens with one attached hydrogen (secondary N) is 3. The number of hydrogen-bond acceptors (Lipinski definition) is 6. The number of rotatable bonds is 12. The van der Waals surface area contributed by atoms with Gasteiger partial charge in [-0.15, -0.1) is 0 Å². The number of nitrogens with two attached hydrogens (primary N) is 1. The summed E-state index contributed by atoms with van der Waals surface area (Å²) < 4.78 is 35.2. The van der Waals surface area contributed by atoms with Gasteiger partial charge >= 0.3 is 0 Å². The van der Waals surface area contributed by atoms with Crippen LogP contribution >= 0.6 is 0 Å². The Hall–Kier alpha value is -4.27. The third kappa shape index (κ3) is 8.47. The minimum absolute atomic E-state index is 0.113. The number of nitrogens with zero attached hydrogens (tertiary/aromatic N) is 1. The third-order valence-electron chi connectivity index (χ3n) is 8.54. The van der Waals surface area contributed by atoms with Crippen molar-refractivity contribution in [3.8, 4) is 0 Å². The Bertz CT molecular complexity index is 1520. The lowest BCUT2D eigenvalue weighted by molar-refractivity contribution is 0.0779. The predicted octanol–water partition coefficient (Wildman–Crippen LogP) is 6.77. The molecule has 0 bridgehead atoms. The predicted molar refractivity (Wildman–Crippen MR) is 178 cm³/mol. The van der Waals surface area contributed by atoms with Crippen LogP contribution in [0.2, 0.25) is 0 Å². The lowest BCUT2D eigenvalue weighted by atomic mass is 9.84. The fraction of sp³-hybridized carbons (Fsp3) is 0.324. The van der Waals surface area contributed by atoms with Crippen LogP contribution in [0.3, 0.4) is 0 Å². The van der Waals surface area contributed by atoms with Crippen LogP contribution in [0, 0.1) is 18.6 Å². The van der Waals surface area contributed by atoms with E-state index in [1.807, 2.05) is 37.4 Å². The monoisotopic (exact) mass is 611 g/mol. The average molecular weight is 612 g/mol. The molecular formula is C37H43F2N5O. The molecule has 5 rings (SSSR count). The molecule has 0 spiro atoms.